The summed E-state index contributed by atoms with van der Waals surface area (Å²) < 4.78 is 0. The van der Waals surface area contributed by atoms with Crippen LogP contribution in [0.2, 0.25) is 0 Å². The van der Waals surface area contributed by atoms with Crippen molar-refractivity contribution in [3.63, 3.8) is 0 Å². The second kappa shape index (κ2) is 5.49. The molecule has 0 radical (unpaired) electrons. The fraction of sp³-hybridized carbons (Fsp3) is 0.267. The van der Waals surface area contributed by atoms with Gasteiger partial charge >= 0.3 is 0 Å². The molecule has 0 aliphatic heterocycles. The summed E-state index contributed by atoms with van der Waals surface area (Å²) in [4.78, 5) is 8.38. The van der Waals surface area contributed by atoms with Crippen molar-refractivity contribution < 1.29 is 0 Å². The fourth-order valence-corrected chi connectivity index (χ4v) is 1.76. The first kappa shape index (κ1) is 13.0. The maximum atomic E-state index is 8.88. The molecule has 0 aliphatic carbocycles. The molecule has 1 aromatic carbocycles. The Labute approximate surface area is 113 Å². The van der Waals surface area contributed by atoms with E-state index < -0.39 is 0 Å². The summed E-state index contributed by atoms with van der Waals surface area (Å²) in [5.74, 6) is 0.961. The molecule has 1 N–H and O–H groups in total. The van der Waals surface area contributed by atoms with Gasteiger partial charge in [0, 0.05) is 11.4 Å². The van der Waals surface area contributed by atoms with Gasteiger partial charge in [-0.15, -0.1) is 0 Å². The quantitative estimate of drug-likeness (QED) is 0.907. The largest absolute Gasteiger partial charge is 0.324 e. The molecule has 0 unspecified atom stereocenters. The van der Waals surface area contributed by atoms with Crippen LogP contribution in [0.1, 0.15) is 36.7 Å². The van der Waals surface area contributed by atoms with E-state index in [-0.39, 0.29) is 0 Å². The van der Waals surface area contributed by atoms with E-state index in [1.54, 1.807) is 6.07 Å². The van der Waals surface area contributed by atoms with Crippen molar-refractivity contribution in [3.05, 3.63) is 47.3 Å². The maximum Gasteiger partial charge on any atom is 0.228 e. The first-order valence-corrected chi connectivity index (χ1v) is 6.21. The number of nitrogens with zero attached hydrogens (tertiary/aromatic N) is 3. The van der Waals surface area contributed by atoms with Crippen LogP contribution in [-0.4, -0.2) is 9.97 Å². The number of hydrogen-bond donors (Lipinski definition) is 1. The van der Waals surface area contributed by atoms with E-state index in [2.05, 4.69) is 41.3 Å². The molecule has 0 aliphatic rings. The van der Waals surface area contributed by atoms with Crippen LogP contribution in [0.5, 0.6) is 0 Å². The van der Waals surface area contributed by atoms with Gasteiger partial charge < -0.3 is 5.32 Å². The lowest BCUT2D eigenvalue weighted by Gasteiger charge is -2.08. The van der Waals surface area contributed by atoms with Crippen LogP contribution in [0.3, 0.4) is 0 Å². The van der Waals surface area contributed by atoms with Crippen LogP contribution in [0.25, 0.3) is 0 Å². The van der Waals surface area contributed by atoms with E-state index in [9.17, 15) is 0 Å². The van der Waals surface area contributed by atoms with Gasteiger partial charge in [0.2, 0.25) is 5.95 Å². The Morgan fingerprint density at radius 1 is 1.16 bits per heavy atom. The molecule has 2 aromatic rings. The lowest BCUT2D eigenvalue weighted by Crippen LogP contribution is -2.00. The second-order valence-electron chi connectivity index (χ2n) is 4.73. The highest BCUT2D eigenvalue weighted by Gasteiger charge is 2.03. The number of hydrogen-bond acceptors (Lipinski definition) is 4. The van der Waals surface area contributed by atoms with Gasteiger partial charge in [-0.05, 0) is 36.6 Å². The molecule has 0 saturated carbocycles. The van der Waals surface area contributed by atoms with Crippen LogP contribution in [0, 0.1) is 18.3 Å². The van der Waals surface area contributed by atoms with Crippen molar-refractivity contribution in [2.24, 2.45) is 0 Å². The molecule has 0 spiro atoms. The minimum atomic E-state index is 0.369. The molecular weight excluding hydrogens is 236 g/mol. The smallest absolute Gasteiger partial charge is 0.228 e. The Kier molecular flexibility index (Phi) is 3.76. The number of nitrogens with one attached hydrogen (secondary N) is 1. The van der Waals surface area contributed by atoms with Crippen molar-refractivity contribution in [1.82, 2.24) is 9.97 Å². The number of aryl methyl sites for hydroxylation is 1. The van der Waals surface area contributed by atoms with Gasteiger partial charge in [0.25, 0.3) is 0 Å². The molecule has 1 heterocycles. The first-order chi connectivity index (χ1) is 9.08. The van der Waals surface area contributed by atoms with Crippen molar-refractivity contribution in [1.29, 1.82) is 5.26 Å². The number of aromatic nitrogens is 2. The van der Waals surface area contributed by atoms with Gasteiger partial charge in [0.05, 0.1) is 0 Å². The number of rotatable bonds is 3. The normalized spacial score (nSPS) is 10.3. The number of benzene rings is 1. The second-order valence-corrected chi connectivity index (χ2v) is 4.73. The Balaban J connectivity index is 2.21. The summed E-state index contributed by atoms with van der Waals surface area (Å²) in [5.41, 5.74) is 3.34. The highest BCUT2D eigenvalue weighted by atomic mass is 15.1. The molecule has 96 valence electrons. The molecule has 4 nitrogen and oxygen atoms in total. The molecule has 0 amide bonds. The van der Waals surface area contributed by atoms with E-state index in [4.69, 9.17) is 5.26 Å². The summed E-state index contributed by atoms with van der Waals surface area (Å²) in [6.07, 6.45) is 0. The van der Waals surface area contributed by atoms with Gasteiger partial charge in [0.15, 0.2) is 0 Å². The van der Waals surface area contributed by atoms with Crippen LogP contribution in [-0.2, 0) is 0 Å². The molecule has 0 bridgehead atoms. The van der Waals surface area contributed by atoms with Crippen molar-refractivity contribution in [2.75, 3.05) is 5.32 Å². The van der Waals surface area contributed by atoms with Crippen LogP contribution >= 0.6 is 0 Å². The Morgan fingerprint density at radius 2 is 1.84 bits per heavy atom. The Morgan fingerprint density at radius 3 is 2.42 bits per heavy atom. The summed E-state index contributed by atoms with van der Waals surface area (Å²) in [7, 11) is 0. The molecule has 1 aromatic heterocycles. The first-order valence-electron chi connectivity index (χ1n) is 6.21. The zero-order valence-electron chi connectivity index (χ0n) is 11.3. The molecule has 4 heteroatoms. The highest BCUT2D eigenvalue weighted by Crippen LogP contribution is 2.19. The SMILES string of the molecule is Cc1cc(C#N)nc(Nc2ccc(C(C)C)cc2)n1. The number of anilines is 2. The fourth-order valence-electron chi connectivity index (χ4n) is 1.76. The zero-order chi connectivity index (χ0) is 13.8. The Bertz CT molecular complexity index is 609. The van der Waals surface area contributed by atoms with E-state index in [0.717, 1.165) is 11.4 Å². The molecular formula is C15H16N4. The summed E-state index contributed by atoms with van der Waals surface area (Å²) >= 11 is 0. The van der Waals surface area contributed by atoms with Crippen molar-refractivity contribution in [3.8, 4) is 6.07 Å². The predicted molar refractivity (Wildman–Crippen MR) is 75.3 cm³/mol. The van der Waals surface area contributed by atoms with Crippen LogP contribution in [0.4, 0.5) is 11.6 Å². The Hall–Kier alpha value is -2.41. The predicted octanol–water partition coefficient (Wildman–Crippen LogP) is 3.52. The number of nitriles is 1. The molecule has 0 saturated heterocycles. The van der Waals surface area contributed by atoms with Gasteiger partial charge in [-0.3, -0.25) is 0 Å². The molecule has 19 heavy (non-hydrogen) atoms. The lowest BCUT2D eigenvalue weighted by molar-refractivity contribution is 0.867. The maximum absolute atomic E-state index is 8.88. The standard InChI is InChI=1S/C15H16N4/c1-10(2)12-4-6-13(7-5-12)18-15-17-11(3)8-14(9-16)19-15/h4-8,10H,1-3H3,(H,17,18,19). The third-order valence-electron chi connectivity index (χ3n) is 2.80. The summed E-state index contributed by atoms with van der Waals surface area (Å²) in [6, 6.07) is 11.8. The van der Waals surface area contributed by atoms with Crippen molar-refractivity contribution >= 4 is 11.6 Å². The molecule has 2 rings (SSSR count). The summed E-state index contributed by atoms with van der Waals surface area (Å²) in [5, 5.41) is 12.0. The van der Waals surface area contributed by atoms with E-state index in [1.807, 2.05) is 25.1 Å². The van der Waals surface area contributed by atoms with Gasteiger partial charge in [-0.25, -0.2) is 9.97 Å². The van der Waals surface area contributed by atoms with Gasteiger partial charge in [-0.1, -0.05) is 26.0 Å². The molecule has 0 atom stereocenters. The third kappa shape index (κ3) is 3.29. The van der Waals surface area contributed by atoms with Gasteiger partial charge in [-0.2, -0.15) is 5.26 Å². The van der Waals surface area contributed by atoms with E-state index in [1.165, 1.54) is 5.56 Å². The molecule has 0 fully saturated rings. The van der Waals surface area contributed by atoms with Gasteiger partial charge in [0.1, 0.15) is 11.8 Å². The summed E-state index contributed by atoms with van der Waals surface area (Å²) in [6.45, 7) is 6.16. The van der Waals surface area contributed by atoms with E-state index in [0.29, 0.717) is 17.6 Å². The topological polar surface area (TPSA) is 61.6 Å². The lowest BCUT2D eigenvalue weighted by atomic mass is 10.0. The highest BCUT2D eigenvalue weighted by molar-refractivity contribution is 5.54. The van der Waals surface area contributed by atoms with Crippen LogP contribution < -0.4 is 5.32 Å². The monoisotopic (exact) mass is 252 g/mol. The zero-order valence-corrected chi connectivity index (χ0v) is 11.3. The average molecular weight is 252 g/mol. The minimum Gasteiger partial charge on any atom is -0.324 e. The average Bonchev–Trinajstić information content (AvgIpc) is 2.38. The van der Waals surface area contributed by atoms with Crippen molar-refractivity contribution in [2.45, 2.75) is 26.7 Å². The van der Waals surface area contributed by atoms with Crippen LogP contribution in [0.15, 0.2) is 30.3 Å². The third-order valence-corrected chi connectivity index (χ3v) is 2.80. The minimum absolute atomic E-state index is 0.369. The van der Waals surface area contributed by atoms with E-state index >= 15 is 0 Å².